The van der Waals surface area contributed by atoms with Crippen LogP contribution in [0.3, 0.4) is 0 Å². The van der Waals surface area contributed by atoms with E-state index in [1.54, 1.807) is 28.4 Å². The number of nitrogens with zero attached hydrogens (tertiary/aromatic N) is 1. The first-order valence-corrected chi connectivity index (χ1v) is 9.04. The molecular weight excluding hydrogens is 485 g/mol. The zero-order chi connectivity index (χ0) is 20.5. The van der Waals surface area contributed by atoms with Crippen molar-refractivity contribution in [2.75, 3.05) is 40.3 Å². The molecule has 0 spiro atoms. The minimum Gasteiger partial charge on any atom is -0.497 e. The van der Waals surface area contributed by atoms with Crippen molar-refractivity contribution in [1.82, 2.24) is 5.32 Å². The van der Waals surface area contributed by atoms with Crippen LogP contribution in [0.4, 0.5) is 5.69 Å². The van der Waals surface area contributed by atoms with Gasteiger partial charge in [0.05, 0.1) is 35.0 Å². The van der Waals surface area contributed by atoms with Crippen molar-refractivity contribution in [1.29, 1.82) is 0 Å². The summed E-state index contributed by atoms with van der Waals surface area (Å²) in [6.07, 6.45) is 0. The predicted molar refractivity (Wildman–Crippen MR) is 128 cm³/mol. The van der Waals surface area contributed by atoms with E-state index in [4.69, 9.17) is 18.9 Å². The summed E-state index contributed by atoms with van der Waals surface area (Å²) in [5.41, 5.74) is 2.97. The van der Waals surface area contributed by atoms with Gasteiger partial charge in [-0.3, -0.25) is 0 Å². The standard InChI is InChI=1S/C21H29N3O4.HI/c1-7-22-21(23-13-15-8-14(2)9-17(10-15)25-3)24-16-11-18(26-4)20(28-6)19(12-16)27-5;/h8-12H,7,13H2,1-6H3,(H2,22,23,24);1H. The fourth-order valence-electron chi connectivity index (χ4n) is 2.80. The number of halogens is 1. The number of hydrogen-bond acceptors (Lipinski definition) is 5. The van der Waals surface area contributed by atoms with Crippen LogP contribution in [0.5, 0.6) is 23.0 Å². The van der Waals surface area contributed by atoms with E-state index in [1.165, 1.54) is 0 Å². The van der Waals surface area contributed by atoms with Crippen LogP contribution in [-0.4, -0.2) is 40.9 Å². The Morgan fingerprint density at radius 2 is 1.55 bits per heavy atom. The minimum absolute atomic E-state index is 0. The minimum atomic E-state index is 0. The molecule has 8 heteroatoms. The lowest BCUT2D eigenvalue weighted by Gasteiger charge is -2.16. The summed E-state index contributed by atoms with van der Waals surface area (Å²) in [5, 5.41) is 6.53. The van der Waals surface area contributed by atoms with Crippen molar-refractivity contribution < 1.29 is 18.9 Å². The quantitative estimate of drug-likeness (QED) is 0.312. The zero-order valence-corrected chi connectivity index (χ0v) is 20.1. The number of aliphatic imine (C=N–C) groups is 1. The molecular formula is C21H30IN3O4. The summed E-state index contributed by atoms with van der Waals surface area (Å²) in [4.78, 5) is 4.68. The van der Waals surface area contributed by atoms with Gasteiger partial charge in [-0.15, -0.1) is 24.0 Å². The molecule has 0 aliphatic rings. The van der Waals surface area contributed by atoms with Gasteiger partial charge in [-0.05, 0) is 37.1 Å². The maximum absolute atomic E-state index is 5.41. The smallest absolute Gasteiger partial charge is 0.203 e. The molecule has 0 aliphatic carbocycles. The van der Waals surface area contributed by atoms with Crippen LogP contribution in [0.15, 0.2) is 35.3 Å². The fraction of sp³-hybridized carbons (Fsp3) is 0.381. The van der Waals surface area contributed by atoms with E-state index in [2.05, 4.69) is 21.7 Å². The van der Waals surface area contributed by atoms with Gasteiger partial charge in [0.2, 0.25) is 5.75 Å². The van der Waals surface area contributed by atoms with Crippen molar-refractivity contribution in [3.63, 3.8) is 0 Å². The van der Waals surface area contributed by atoms with Crippen molar-refractivity contribution in [2.24, 2.45) is 4.99 Å². The van der Waals surface area contributed by atoms with E-state index in [1.807, 2.05) is 38.1 Å². The number of hydrogen-bond donors (Lipinski definition) is 2. The highest BCUT2D eigenvalue weighted by Gasteiger charge is 2.14. The molecule has 0 aromatic heterocycles. The lowest BCUT2D eigenvalue weighted by molar-refractivity contribution is 0.324. The van der Waals surface area contributed by atoms with E-state index >= 15 is 0 Å². The molecule has 0 saturated heterocycles. The van der Waals surface area contributed by atoms with Gasteiger partial charge in [-0.1, -0.05) is 6.07 Å². The monoisotopic (exact) mass is 515 g/mol. The highest BCUT2D eigenvalue weighted by molar-refractivity contribution is 14.0. The fourth-order valence-corrected chi connectivity index (χ4v) is 2.80. The number of aryl methyl sites for hydroxylation is 1. The number of ether oxygens (including phenoxy) is 4. The second-order valence-electron chi connectivity index (χ2n) is 6.09. The van der Waals surface area contributed by atoms with Gasteiger partial charge in [0.15, 0.2) is 17.5 Å². The van der Waals surface area contributed by atoms with Crippen LogP contribution >= 0.6 is 24.0 Å². The maximum Gasteiger partial charge on any atom is 0.203 e. The summed E-state index contributed by atoms with van der Waals surface area (Å²) >= 11 is 0. The number of methoxy groups -OCH3 is 4. The van der Waals surface area contributed by atoms with Crippen molar-refractivity contribution in [2.45, 2.75) is 20.4 Å². The highest BCUT2D eigenvalue weighted by atomic mass is 127. The number of guanidine groups is 1. The average molecular weight is 515 g/mol. The first-order valence-electron chi connectivity index (χ1n) is 9.04. The van der Waals surface area contributed by atoms with Gasteiger partial charge < -0.3 is 29.6 Å². The molecule has 0 amide bonds. The molecule has 0 bridgehead atoms. The molecule has 2 rings (SSSR count). The zero-order valence-electron chi connectivity index (χ0n) is 17.8. The molecule has 0 radical (unpaired) electrons. The molecule has 2 aromatic rings. The van der Waals surface area contributed by atoms with Crippen LogP contribution in [0.1, 0.15) is 18.1 Å². The van der Waals surface area contributed by atoms with Crippen molar-refractivity contribution >= 4 is 35.6 Å². The van der Waals surface area contributed by atoms with Crippen LogP contribution in [-0.2, 0) is 6.54 Å². The van der Waals surface area contributed by atoms with Gasteiger partial charge in [-0.25, -0.2) is 4.99 Å². The highest BCUT2D eigenvalue weighted by Crippen LogP contribution is 2.39. The van der Waals surface area contributed by atoms with Gasteiger partial charge in [0, 0.05) is 24.4 Å². The lowest BCUT2D eigenvalue weighted by atomic mass is 10.1. The molecule has 7 nitrogen and oxygen atoms in total. The third kappa shape index (κ3) is 6.88. The van der Waals surface area contributed by atoms with Gasteiger partial charge in [0.25, 0.3) is 0 Å². The number of rotatable bonds is 8. The SMILES string of the molecule is CCNC(=NCc1cc(C)cc(OC)c1)Nc1cc(OC)c(OC)c(OC)c1.I. The van der Waals surface area contributed by atoms with E-state index in [0.29, 0.717) is 29.8 Å². The summed E-state index contributed by atoms with van der Waals surface area (Å²) in [5.74, 6) is 3.17. The van der Waals surface area contributed by atoms with Crippen LogP contribution in [0.2, 0.25) is 0 Å². The number of anilines is 1. The average Bonchev–Trinajstić information content (AvgIpc) is 2.70. The molecule has 0 aliphatic heterocycles. The van der Waals surface area contributed by atoms with E-state index in [-0.39, 0.29) is 24.0 Å². The molecule has 0 fully saturated rings. The van der Waals surface area contributed by atoms with Crippen LogP contribution in [0, 0.1) is 6.92 Å². The Morgan fingerprint density at radius 3 is 2.07 bits per heavy atom. The van der Waals surface area contributed by atoms with E-state index in [0.717, 1.165) is 29.1 Å². The summed E-state index contributed by atoms with van der Waals surface area (Å²) in [6.45, 7) is 5.29. The summed E-state index contributed by atoms with van der Waals surface area (Å²) in [6, 6.07) is 9.74. The second kappa shape index (κ2) is 12.3. The molecule has 0 saturated carbocycles. The number of nitrogens with one attached hydrogen (secondary N) is 2. The molecule has 0 atom stereocenters. The van der Waals surface area contributed by atoms with E-state index < -0.39 is 0 Å². The first-order chi connectivity index (χ1) is 13.5. The Morgan fingerprint density at radius 1 is 0.897 bits per heavy atom. The third-order valence-corrected chi connectivity index (χ3v) is 4.04. The Bertz CT molecular complexity index is 803. The lowest BCUT2D eigenvalue weighted by Crippen LogP contribution is -2.30. The Balaban J connectivity index is 0.00000420. The molecule has 0 unspecified atom stereocenters. The molecule has 160 valence electrons. The first kappa shape index (κ1) is 24.7. The maximum atomic E-state index is 5.41. The molecule has 29 heavy (non-hydrogen) atoms. The van der Waals surface area contributed by atoms with Gasteiger partial charge in [-0.2, -0.15) is 0 Å². The Labute approximate surface area is 189 Å². The largest absolute Gasteiger partial charge is 0.497 e. The van der Waals surface area contributed by atoms with Gasteiger partial charge >= 0.3 is 0 Å². The van der Waals surface area contributed by atoms with Crippen molar-refractivity contribution in [3.05, 3.63) is 41.5 Å². The van der Waals surface area contributed by atoms with Gasteiger partial charge in [0.1, 0.15) is 5.75 Å². The normalized spacial score (nSPS) is 10.6. The van der Waals surface area contributed by atoms with Crippen LogP contribution < -0.4 is 29.6 Å². The molecule has 2 aromatic carbocycles. The molecule has 2 N–H and O–H groups in total. The third-order valence-electron chi connectivity index (χ3n) is 4.04. The van der Waals surface area contributed by atoms with Crippen molar-refractivity contribution in [3.8, 4) is 23.0 Å². The Hall–Kier alpha value is -2.36. The predicted octanol–water partition coefficient (Wildman–Crippen LogP) is 4.23. The summed E-state index contributed by atoms with van der Waals surface area (Å²) in [7, 11) is 6.42. The summed E-state index contributed by atoms with van der Waals surface area (Å²) < 4.78 is 21.5. The number of benzene rings is 2. The second-order valence-corrected chi connectivity index (χ2v) is 6.09. The molecule has 0 heterocycles. The topological polar surface area (TPSA) is 73.3 Å². The van der Waals surface area contributed by atoms with Crippen LogP contribution in [0.25, 0.3) is 0 Å². The van der Waals surface area contributed by atoms with E-state index in [9.17, 15) is 0 Å². The Kier molecular flexibility index (Phi) is 10.4.